The predicted octanol–water partition coefficient (Wildman–Crippen LogP) is 7.03. The first-order valence-corrected chi connectivity index (χ1v) is 18.6. The molecule has 48 heavy (non-hydrogen) atoms. The van der Waals surface area contributed by atoms with Crippen LogP contribution < -0.4 is 9.46 Å². The molecular weight excluding hydrogens is 673 g/mol. The Morgan fingerprint density at radius 3 is 2.46 bits per heavy atom. The minimum Gasteiger partial charge on any atom is -0.490 e. The van der Waals surface area contributed by atoms with Crippen LogP contribution in [0.15, 0.2) is 65.6 Å². The van der Waals surface area contributed by atoms with Crippen LogP contribution in [0.1, 0.15) is 61.5 Å². The molecule has 4 rings (SSSR count). The number of likely N-dealkylation sites (N-methyl/N-ethyl adjacent to an activating group) is 1. The molecule has 0 spiro atoms. The van der Waals surface area contributed by atoms with Gasteiger partial charge in [-0.05, 0) is 95.1 Å². The summed E-state index contributed by atoms with van der Waals surface area (Å²) in [6, 6.07) is 16.4. The van der Waals surface area contributed by atoms with Gasteiger partial charge in [-0.1, -0.05) is 53.9 Å². The minimum atomic E-state index is -3.91. The van der Waals surface area contributed by atoms with E-state index in [-0.39, 0.29) is 46.8 Å². The summed E-state index contributed by atoms with van der Waals surface area (Å²) in [6.07, 6.45) is 2.03. The van der Waals surface area contributed by atoms with E-state index in [4.69, 9.17) is 32.7 Å². The largest absolute Gasteiger partial charge is 0.490 e. The van der Waals surface area contributed by atoms with Crippen molar-refractivity contribution in [2.75, 3.05) is 38.1 Å². The number of rotatable bonds is 9. The van der Waals surface area contributed by atoms with Crippen molar-refractivity contribution in [2.24, 2.45) is 5.92 Å². The number of aryl methyl sites for hydroxylation is 1. The average molecular weight is 721 g/mol. The van der Waals surface area contributed by atoms with Gasteiger partial charge in [0.25, 0.3) is 15.9 Å². The van der Waals surface area contributed by atoms with Crippen LogP contribution in [0, 0.1) is 12.8 Å². The third-order valence-corrected chi connectivity index (χ3v) is 10.7. The zero-order valence-corrected chi connectivity index (χ0v) is 30.6. The van der Waals surface area contributed by atoms with Gasteiger partial charge in [0, 0.05) is 37.8 Å². The molecule has 0 aliphatic carbocycles. The Labute approximate surface area is 295 Å². The van der Waals surface area contributed by atoms with E-state index in [0.29, 0.717) is 42.0 Å². The van der Waals surface area contributed by atoms with E-state index in [0.717, 1.165) is 30.4 Å². The van der Waals surface area contributed by atoms with E-state index >= 15 is 0 Å². The number of ether oxygens (including phenoxy) is 2. The molecule has 4 atom stereocenters. The maximum Gasteiger partial charge on any atom is 0.261 e. The van der Waals surface area contributed by atoms with E-state index in [1.165, 1.54) is 6.07 Å². The predicted molar refractivity (Wildman–Crippen MR) is 192 cm³/mol. The first-order valence-electron chi connectivity index (χ1n) is 16.3. The Kier molecular flexibility index (Phi) is 13.6. The third-order valence-electron chi connectivity index (χ3n) is 8.56. The van der Waals surface area contributed by atoms with Gasteiger partial charge in [0.2, 0.25) is 0 Å². The van der Waals surface area contributed by atoms with Crippen LogP contribution >= 0.6 is 23.2 Å². The summed E-state index contributed by atoms with van der Waals surface area (Å²) in [5.74, 6) is -0.129. The zero-order valence-electron chi connectivity index (χ0n) is 28.3. The number of amides is 1. The Balaban J connectivity index is 1.63. The molecule has 0 fully saturated rings. The van der Waals surface area contributed by atoms with Gasteiger partial charge in [-0.25, -0.2) is 8.42 Å². The van der Waals surface area contributed by atoms with Gasteiger partial charge in [0.05, 0.1) is 45.4 Å². The lowest BCUT2D eigenvalue weighted by atomic mass is 10.0. The smallest absolute Gasteiger partial charge is 0.261 e. The van der Waals surface area contributed by atoms with Crippen molar-refractivity contribution in [1.82, 2.24) is 9.80 Å². The van der Waals surface area contributed by atoms with Crippen molar-refractivity contribution >= 4 is 44.8 Å². The summed E-state index contributed by atoms with van der Waals surface area (Å²) in [6.45, 7) is 9.48. The Hall–Kier alpha value is -2.86. The molecule has 1 amide bonds. The van der Waals surface area contributed by atoms with Gasteiger partial charge < -0.3 is 19.5 Å². The molecule has 0 saturated heterocycles. The summed E-state index contributed by atoms with van der Waals surface area (Å²) in [5, 5.41) is 11.3. The van der Waals surface area contributed by atoms with E-state index in [2.05, 4.69) is 9.62 Å². The van der Waals surface area contributed by atoms with Gasteiger partial charge in [-0.2, -0.15) is 0 Å². The van der Waals surface area contributed by atoms with Gasteiger partial charge in [-0.3, -0.25) is 14.4 Å². The van der Waals surface area contributed by atoms with Crippen LogP contribution in [0.25, 0.3) is 0 Å². The molecule has 0 radical (unpaired) electrons. The lowest BCUT2D eigenvalue weighted by molar-refractivity contribution is -0.0177. The van der Waals surface area contributed by atoms with Crippen LogP contribution in [0.5, 0.6) is 5.75 Å². The van der Waals surface area contributed by atoms with E-state index in [1.807, 2.05) is 40.0 Å². The highest BCUT2D eigenvalue weighted by atomic mass is 35.5. The van der Waals surface area contributed by atoms with Crippen LogP contribution in [-0.2, 0) is 21.3 Å². The van der Waals surface area contributed by atoms with Gasteiger partial charge in [-0.15, -0.1) is 0 Å². The summed E-state index contributed by atoms with van der Waals surface area (Å²) < 4.78 is 41.8. The van der Waals surface area contributed by atoms with Crippen molar-refractivity contribution in [1.29, 1.82) is 0 Å². The Morgan fingerprint density at radius 1 is 1.04 bits per heavy atom. The lowest BCUT2D eigenvalue weighted by Gasteiger charge is -2.36. The standard InChI is InChI=1S/C36H47Cl2N3O6S/c1-24-9-13-30(14-10-24)48(44,45)39-29-12-16-34-31(19-29)36(43)41(26(3)23-42)20-25(2)35(46-17-7-6-8-27(4)47-34)22-40(5)21-28-11-15-32(37)33(38)18-28/h9-16,18-19,25-27,35,39,42H,6-8,17,20-23H2,1-5H3/t25-,26+,27-,35-/m0/s1. The van der Waals surface area contributed by atoms with Crippen LogP contribution in [0.3, 0.4) is 0 Å². The monoisotopic (exact) mass is 719 g/mol. The summed E-state index contributed by atoms with van der Waals surface area (Å²) >= 11 is 12.4. The highest BCUT2D eigenvalue weighted by Gasteiger charge is 2.31. The highest BCUT2D eigenvalue weighted by Crippen LogP contribution is 2.30. The van der Waals surface area contributed by atoms with E-state index in [1.54, 1.807) is 54.3 Å². The van der Waals surface area contributed by atoms with E-state index < -0.39 is 16.1 Å². The molecular formula is C36H47Cl2N3O6S. The Bertz CT molecular complexity index is 1640. The summed E-state index contributed by atoms with van der Waals surface area (Å²) in [4.78, 5) is 18.3. The van der Waals surface area contributed by atoms with Crippen LogP contribution in [-0.4, -0.2) is 80.8 Å². The van der Waals surface area contributed by atoms with Crippen LogP contribution in [0.4, 0.5) is 5.69 Å². The van der Waals surface area contributed by atoms with E-state index in [9.17, 15) is 18.3 Å². The van der Waals surface area contributed by atoms with Gasteiger partial charge in [0.1, 0.15) is 5.75 Å². The number of fused-ring (bicyclic) bond motifs is 1. The van der Waals surface area contributed by atoms with Crippen molar-refractivity contribution in [3.63, 3.8) is 0 Å². The fourth-order valence-corrected chi connectivity index (χ4v) is 7.07. The number of aliphatic hydroxyl groups is 1. The number of anilines is 1. The topological polar surface area (TPSA) is 108 Å². The third kappa shape index (κ3) is 10.3. The minimum absolute atomic E-state index is 0.115. The molecule has 9 nitrogen and oxygen atoms in total. The number of hydrogen-bond acceptors (Lipinski definition) is 7. The molecule has 0 aromatic heterocycles. The second-order valence-corrected chi connectivity index (χ2v) is 15.4. The zero-order chi connectivity index (χ0) is 35.0. The number of nitrogens with zero attached hydrogens (tertiary/aromatic N) is 2. The van der Waals surface area contributed by atoms with Gasteiger partial charge >= 0.3 is 0 Å². The number of halogens is 2. The van der Waals surface area contributed by atoms with Crippen molar-refractivity contribution in [2.45, 2.75) is 76.6 Å². The molecule has 1 heterocycles. The maximum absolute atomic E-state index is 14.4. The fourth-order valence-electron chi connectivity index (χ4n) is 5.70. The van der Waals surface area contributed by atoms with Crippen molar-refractivity contribution in [3.8, 4) is 5.75 Å². The van der Waals surface area contributed by atoms with Crippen LogP contribution in [0.2, 0.25) is 10.0 Å². The summed E-state index contributed by atoms with van der Waals surface area (Å²) in [5.41, 5.74) is 2.40. The normalized spacial score (nSPS) is 20.5. The molecule has 12 heteroatoms. The van der Waals surface area contributed by atoms with Crippen molar-refractivity contribution < 1.29 is 27.8 Å². The molecule has 0 unspecified atom stereocenters. The molecule has 3 aromatic rings. The van der Waals surface area contributed by atoms with Gasteiger partial charge in [0.15, 0.2) is 0 Å². The maximum atomic E-state index is 14.4. The SMILES string of the molecule is Cc1ccc(S(=O)(=O)Nc2ccc3c(c2)C(=O)N([C@H](C)CO)C[C@H](C)[C@H](CN(C)Cc2ccc(Cl)c(Cl)c2)OCCCC[C@H](C)O3)cc1. The average Bonchev–Trinajstić information content (AvgIpc) is 3.04. The first-order chi connectivity index (χ1) is 22.8. The molecule has 2 N–H and O–H groups in total. The highest BCUT2D eigenvalue weighted by molar-refractivity contribution is 7.92. The molecule has 0 saturated carbocycles. The van der Waals surface area contributed by atoms with Crippen molar-refractivity contribution in [3.05, 3.63) is 87.4 Å². The fraction of sp³-hybridized carbons (Fsp3) is 0.472. The molecule has 262 valence electrons. The number of benzene rings is 3. The number of carbonyl (C=O) groups excluding carboxylic acids is 1. The molecule has 1 aliphatic rings. The second kappa shape index (κ2) is 17.2. The summed E-state index contributed by atoms with van der Waals surface area (Å²) in [7, 11) is -1.90. The number of hydrogen-bond donors (Lipinski definition) is 2. The first kappa shape index (κ1) is 38.0. The number of nitrogens with one attached hydrogen (secondary N) is 1. The Morgan fingerprint density at radius 2 is 1.77 bits per heavy atom. The lowest BCUT2D eigenvalue weighted by Crippen LogP contribution is -2.47. The number of carbonyl (C=O) groups is 1. The number of aliphatic hydroxyl groups excluding tert-OH is 1. The number of sulfonamides is 1. The molecule has 3 aromatic carbocycles. The second-order valence-electron chi connectivity index (χ2n) is 12.9. The molecule has 0 bridgehead atoms. The molecule has 1 aliphatic heterocycles. The quantitative estimate of drug-likeness (QED) is 0.245.